The second-order valence-electron chi connectivity index (χ2n) is 5.37. The summed E-state index contributed by atoms with van der Waals surface area (Å²) in [6.45, 7) is 6.47. The van der Waals surface area contributed by atoms with E-state index in [1.165, 1.54) is 27.9 Å². The molecule has 0 unspecified atom stereocenters. The Balaban J connectivity index is 2.29. The fourth-order valence-corrected chi connectivity index (χ4v) is 3.36. The molecule has 1 heterocycles. The maximum absolute atomic E-state index is 12.0. The van der Waals surface area contributed by atoms with Gasteiger partial charge in [-0.1, -0.05) is 47.5 Å². The van der Waals surface area contributed by atoms with Gasteiger partial charge in [-0.3, -0.25) is 9.59 Å². The standard InChI is InChI=1S/C13H20N2O4S2/c1-13(2,3)9-8-19-15-11(9)12(18)14-5-7-21-20-6-4-10(16)17/h8H,4-7H2,1-3H3,(H,14,18)(H,16,17). The first-order valence-electron chi connectivity index (χ1n) is 6.51. The van der Waals surface area contributed by atoms with Crippen molar-refractivity contribution in [1.82, 2.24) is 10.5 Å². The van der Waals surface area contributed by atoms with E-state index in [2.05, 4.69) is 10.5 Å². The average molecular weight is 332 g/mol. The quantitative estimate of drug-likeness (QED) is 0.558. The molecule has 21 heavy (non-hydrogen) atoms. The number of carbonyl (C=O) groups is 2. The Hall–Kier alpha value is -1.15. The lowest BCUT2D eigenvalue weighted by molar-refractivity contribution is -0.136. The van der Waals surface area contributed by atoms with Crippen LogP contribution in [0.25, 0.3) is 0 Å². The first kappa shape index (κ1) is 17.9. The normalized spacial score (nSPS) is 11.4. The number of carboxylic acids is 1. The van der Waals surface area contributed by atoms with Crippen LogP contribution in [0.1, 0.15) is 43.2 Å². The molecule has 118 valence electrons. The van der Waals surface area contributed by atoms with Gasteiger partial charge in [-0.15, -0.1) is 0 Å². The Kier molecular flexibility index (Phi) is 7.10. The molecule has 1 amide bonds. The van der Waals surface area contributed by atoms with Crippen LogP contribution in [0.5, 0.6) is 0 Å². The molecule has 0 aliphatic carbocycles. The van der Waals surface area contributed by atoms with Crippen LogP contribution < -0.4 is 5.32 Å². The molecule has 0 radical (unpaired) electrons. The Bertz CT molecular complexity index is 483. The van der Waals surface area contributed by atoms with Crippen LogP contribution >= 0.6 is 21.6 Å². The summed E-state index contributed by atoms with van der Waals surface area (Å²) in [7, 11) is 3.03. The van der Waals surface area contributed by atoms with Gasteiger partial charge in [0.15, 0.2) is 5.69 Å². The van der Waals surface area contributed by atoms with Crippen LogP contribution in [0.4, 0.5) is 0 Å². The van der Waals surface area contributed by atoms with Gasteiger partial charge in [0, 0.05) is 23.6 Å². The molecule has 1 aromatic rings. The summed E-state index contributed by atoms with van der Waals surface area (Å²) in [5.41, 5.74) is 0.906. The largest absolute Gasteiger partial charge is 0.481 e. The number of hydrogen-bond acceptors (Lipinski definition) is 6. The van der Waals surface area contributed by atoms with Crippen LogP contribution in [0.2, 0.25) is 0 Å². The van der Waals surface area contributed by atoms with Crippen molar-refractivity contribution in [3.63, 3.8) is 0 Å². The zero-order valence-corrected chi connectivity index (χ0v) is 14.0. The molecule has 0 saturated heterocycles. The van der Waals surface area contributed by atoms with Gasteiger partial charge in [-0.25, -0.2) is 0 Å². The molecule has 0 aliphatic heterocycles. The van der Waals surface area contributed by atoms with E-state index in [1.807, 2.05) is 20.8 Å². The molecule has 2 N–H and O–H groups in total. The molecule has 0 spiro atoms. The lowest BCUT2D eigenvalue weighted by Crippen LogP contribution is -2.28. The van der Waals surface area contributed by atoms with Crippen molar-refractivity contribution >= 4 is 33.5 Å². The number of amides is 1. The Morgan fingerprint density at radius 2 is 2.00 bits per heavy atom. The molecule has 1 rings (SSSR count). The zero-order chi connectivity index (χ0) is 15.9. The fraction of sp³-hybridized carbons (Fsp3) is 0.615. The van der Waals surface area contributed by atoms with Crippen LogP contribution in [0, 0.1) is 0 Å². The highest BCUT2D eigenvalue weighted by molar-refractivity contribution is 8.76. The number of carbonyl (C=O) groups excluding carboxylic acids is 1. The Morgan fingerprint density at radius 1 is 1.33 bits per heavy atom. The summed E-state index contributed by atoms with van der Waals surface area (Å²) >= 11 is 0. The van der Waals surface area contributed by atoms with Gasteiger partial charge in [0.25, 0.3) is 5.91 Å². The van der Waals surface area contributed by atoms with Crippen molar-refractivity contribution in [2.45, 2.75) is 32.6 Å². The van der Waals surface area contributed by atoms with Crippen molar-refractivity contribution < 1.29 is 19.2 Å². The highest BCUT2D eigenvalue weighted by Gasteiger charge is 2.25. The van der Waals surface area contributed by atoms with Crippen molar-refractivity contribution in [1.29, 1.82) is 0 Å². The maximum Gasteiger partial charge on any atom is 0.304 e. The minimum absolute atomic E-state index is 0.151. The number of hydrogen-bond donors (Lipinski definition) is 2. The minimum Gasteiger partial charge on any atom is -0.481 e. The SMILES string of the molecule is CC(C)(C)c1conc1C(=O)NCCSSCCC(=O)O. The first-order valence-corrected chi connectivity index (χ1v) is 9.00. The van der Waals surface area contributed by atoms with Crippen LogP contribution in [0.3, 0.4) is 0 Å². The molecule has 0 bridgehead atoms. The predicted molar refractivity (Wildman–Crippen MR) is 84.7 cm³/mol. The second-order valence-corrected chi connectivity index (χ2v) is 8.07. The number of nitrogens with one attached hydrogen (secondary N) is 1. The van der Waals surface area contributed by atoms with Gasteiger partial charge in [-0.05, 0) is 5.41 Å². The third-order valence-electron chi connectivity index (χ3n) is 2.55. The lowest BCUT2D eigenvalue weighted by atomic mass is 9.87. The number of carboxylic acid groups (broad SMARTS) is 1. The fourth-order valence-electron chi connectivity index (χ4n) is 1.47. The smallest absolute Gasteiger partial charge is 0.304 e. The summed E-state index contributed by atoms with van der Waals surface area (Å²) in [6.07, 6.45) is 1.66. The summed E-state index contributed by atoms with van der Waals surface area (Å²) in [6, 6.07) is 0. The van der Waals surface area contributed by atoms with Gasteiger partial charge in [0.1, 0.15) is 6.26 Å². The van der Waals surface area contributed by atoms with E-state index in [0.717, 1.165) is 5.56 Å². The second kappa shape index (κ2) is 8.33. The maximum atomic E-state index is 12.0. The Labute approximate surface area is 131 Å². The highest BCUT2D eigenvalue weighted by Crippen LogP contribution is 2.25. The molecule has 0 atom stereocenters. The minimum atomic E-state index is -0.794. The van der Waals surface area contributed by atoms with Gasteiger partial charge in [0.2, 0.25) is 0 Å². The van der Waals surface area contributed by atoms with E-state index in [4.69, 9.17) is 9.63 Å². The monoisotopic (exact) mass is 332 g/mol. The molecule has 0 fully saturated rings. The predicted octanol–water partition coefficient (Wildman–Crippen LogP) is 2.56. The molecule has 8 heteroatoms. The molecule has 0 aromatic carbocycles. The summed E-state index contributed by atoms with van der Waals surface area (Å²) < 4.78 is 4.90. The lowest BCUT2D eigenvalue weighted by Gasteiger charge is -2.16. The van der Waals surface area contributed by atoms with Gasteiger partial charge in [-0.2, -0.15) is 0 Å². The van der Waals surface area contributed by atoms with E-state index >= 15 is 0 Å². The van der Waals surface area contributed by atoms with Crippen molar-refractivity contribution in [3.8, 4) is 0 Å². The first-order chi connectivity index (χ1) is 9.82. The van der Waals surface area contributed by atoms with Gasteiger partial charge >= 0.3 is 5.97 Å². The summed E-state index contributed by atoms with van der Waals surface area (Å²) in [5, 5.41) is 15.0. The molecule has 0 saturated carbocycles. The van der Waals surface area contributed by atoms with Gasteiger partial charge in [0.05, 0.1) is 6.42 Å². The molecule has 0 aliphatic rings. The van der Waals surface area contributed by atoms with E-state index in [0.29, 0.717) is 23.7 Å². The molecular weight excluding hydrogens is 312 g/mol. The molecule has 1 aromatic heterocycles. The van der Waals surface area contributed by atoms with Gasteiger partial charge < -0.3 is 14.9 Å². The van der Waals surface area contributed by atoms with Crippen molar-refractivity contribution in [3.05, 3.63) is 17.5 Å². The third-order valence-corrected chi connectivity index (χ3v) is 4.95. The van der Waals surface area contributed by atoms with E-state index in [9.17, 15) is 9.59 Å². The highest BCUT2D eigenvalue weighted by atomic mass is 33.1. The topological polar surface area (TPSA) is 92.4 Å². The average Bonchev–Trinajstić information content (AvgIpc) is 2.86. The molecular formula is C13H20N2O4S2. The zero-order valence-electron chi connectivity index (χ0n) is 12.3. The number of nitrogens with zero attached hydrogens (tertiary/aromatic N) is 1. The van der Waals surface area contributed by atoms with Crippen LogP contribution in [0.15, 0.2) is 10.8 Å². The van der Waals surface area contributed by atoms with Crippen LogP contribution in [-0.2, 0) is 10.2 Å². The Morgan fingerprint density at radius 3 is 2.62 bits per heavy atom. The number of rotatable bonds is 8. The van der Waals surface area contributed by atoms with E-state index < -0.39 is 5.97 Å². The van der Waals surface area contributed by atoms with E-state index in [-0.39, 0.29) is 17.7 Å². The van der Waals surface area contributed by atoms with Crippen molar-refractivity contribution in [2.24, 2.45) is 0 Å². The van der Waals surface area contributed by atoms with Crippen LogP contribution in [-0.4, -0.2) is 40.2 Å². The third kappa shape index (κ3) is 6.43. The van der Waals surface area contributed by atoms with E-state index in [1.54, 1.807) is 0 Å². The van der Waals surface area contributed by atoms with Crippen molar-refractivity contribution in [2.75, 3.05) is 18.1 Å². The molecule has 6 nitrogen and oxygen atoms in total. The summed E-state index contributed by atoms with van der Waals surface area (Å²) in [5.74, 6) is 0.228. The summed E-state index contributed by atoms with van der Waals surface area (Å²) in [4.78, 5) is 22.4. The number of aliphatic carboxylic acids is 1. The number of aromatic nitrogens is 1.